The molecular weight excluding hydrogens is 410 g/mol. The number of anilines is 1. The molecular formula is C29H49NO3. The van der Waals surface area contributed by atoms with Crippen molar-refractivity contribution in [1.29, 1.82) is 0 Å². The third-order valence-electron chi connectivity index (χ3n) is 6.43. The molecule has 33 heavy (non-hydrogen) atoms. The average Bonchev–Trinajstić information content (AvgIpc) is 2.83. The molecule has 1 aromatic rings. The molecule has 0 saturated carbocycles. The van der Waals surface area contributed by atoms with Crippen LogP contribution in [-0.2, 0) is 9.53 Å². The number of rotatable bonds is 20. The molecule has 0 aliphatic rings. The van der Waals surface area contributed by atoms with E-state index in [-0.39, 0.29) is 17.8 Å². The fourth-order valence-corrected chi connectivity index (χ4v) is 3.86. The molecule has 0 bridgehead atoms. The lowest BCUT2D eigenvalue weighted by Gasteiger charge is -2.10. The Bertz CT molecular complexity index is 626. The number of esters is 1. The Labute approximate surface area is 203 Å². The first-order chi connectivity index (χ1) is 16.1. The predicted octanol–water partition coefficient (Wildman–Crippen LogP) is 8.70. The molecule has 1 amide bonds. The first-order valence-corrected chi connectivity index (χ1v) is 13.7. The lowest BCUT2D eigenvalue weighted by molar-refractivity contribution is -0.119. The Morgan fingerprint density at radius 3 is 1.64 bits per heavy atom. The minimum Gasteiger partial charge on any atom is -0.462 e. The molecule has 0 radical (unpaired) electrons. The van der Waals surface area contributed by atoms with Crippen molar-refractivity contribution in [3.63, 3.8) is 0 Å². The van der Waals surface area contributed by atoms with E-state index in [9.17, 15) is 9.59 Å². The molecule has 0 aliphatic heterocycles. The first kappa shape index (κ1) is 29.2. The van der Waals surface area contributed by atoms with Gasteiger partial charge in [-0.2, -0.15) is 0 Å². The summed E-state index contributed by atoms with van der Waals surface area (Å²) in [7, 11) is 0. The molecule has 1 N–H and O–H groups in total. The molecule has 1 aromatic carbocycles. The van der Waals surface area contributed by atoms with E-state index in [1.807, 2.05) is 13.8 Å². The summed E-state index contributed by atoms with van der Waals surface area (Å²) in [6.45, 7) is 6.64. The highest BCUT2D eigenvalue weighted by molar-refractivity contribution is 5.94. The molecule has 1 rings (SSSR count). The Balaban J connectivity index is 1.97. The summed E-state index contributed by atoms with van der Waals surface area (Å²) in [5.41, 5.74) is 1.23. The molecule has 0 aliphatic carbocycles. The summed E-state index contributed by atoms with van der Waals surface area (Å²) >= 11 is 0. The Morgan fingerprint density at radius 1 is 0.727 bits per heavy atom. The Hall–Kier alpha value is -1.84. The van der Waals surface area contributed by atoms with Crippen LogP contribution in [0.5, 0.6) is 0 Å². The lowest BCUT2D eigenvalue weighted by atomic mass is 10.0. The van der Waals surface area contributed by atoms with Gasteiger partial charge < -0.3 is 10.1 Å². The first-order valence-electron chi connectivity index (χ1n) is 13.7. The third-order valence-corrected chi connectivity index (χ3v) is 6.43. The van der Waals surface area contributed by atoms with Gasteiger partial charge in [-0.15, -0.1) is 0 Å². The van der Waals surface area contributed by atoms with Crippen molar-refractivity contribution in [2.24, 2.45) is 5.92 Å². The zero-order chi connectivity index (χ0) is 24.2. The van der Waals surface area contributed by atoms with E-state index in [1.54, 1.807) is 24.3 Å². The van der Waals surface area contributed by atoms with Crippen LogP contribution in [0.4, 0.5) is 5.69 Å². The largest absolute Gasteiger partial charge is 0.462 e. The van der Waals surface area contributed by atoms with Crippen LogP contribution in [-0.4, -0.2) is 18.5 Å². The van der Waals surface area contributed by atoms with Crippen molar-refractivity contribution in [1.82, 2.24) is 0 Å². The summed E-state index contributed by atoms with van der Waals surface area (Å²) in [5.74, 6) is -0.314. The standard InChI is InChI=1S/C29H49NO3/c1-4-6-7-8-9-10-11-12-13-14-15-16-17-18-19-24-33-29(32)26-20-22-27(23-21-26)30-28(31)25(3)5-2/h20-23,25H,4-19,24H2,1-3H3,(H,30,31). The number of benzene rings is 1. The van der Waals surface area contributed by atoms with E-state index >= 15 is 0 Å². The van der Waals surface area contributed by atoms with Gasteiger partial charge in [0, 0.05) is 11.6 Å². The molecule has 4 heteroatoms. The van der Waals surface area contributed by atoms with Crippen molar-refractivity contribution in [3.05, 3.63) is 29.8 Å². The Kier molecular flexibility index (Phi) is 17.4. The highest BCUT2D eigenvalue weighted by Gasteiger charge is 2.11. The topological polar surface area (TPSA) is 55.4 Å². The molecule has 0 heterocycles. The van der Waals surface area contributed by atoms with Crippen molar-refractivity contribution >= 4 is 17.6 Å². The van der Waals surface area contributed by atoms with Crippen LogP contribution in [0.3, 0.4) is 0 Å². The van der Waals surface area contributed by atoms with Gasteiger partial charge in [0.25, 0.3) is 0 Å². The van der Waals surface area contributed by atoms with Gasteiger partial charge in [-0.1, -0.05) is 111 Å². The molecule has 0 spiro atoms. The highest BCUT2D eigenvalue weighted by Crippen LogP contribution is 2.15. The maximum absolute atomic E-state index is 12.2. The fraction of sp³-hybridized carbons (Fsp3) is 0.724. The van der Waals surface area contributed by atoms with Gasteiger partial charge in [0.05, 0.1) is 12.2 Å². The second-order valence-electron chi connectivity index (χ2n) is 9.46. The average molecular weight is 460 g/mol. The van der Waals surface area contributed by atoms with E-state index in [4.69, 9.17) is 4.74 Å². The minimum absolute atomic E-state index is 0.000919. The van der Waals surface area contributed by atoms with Crippen LogP contribution in [0.1, 0.15) is 134 Å². The van der Waals surface area contributed by atoms with Crippen LogP contribution in [0.25, 0.3) is 0 Å². The summed E-state index contributed by atoms with van der Waals surface area (Å²) in [5, 5.41) is 2.87. The number of hydrogen-bond donors (Lipinski definition) is 1. The molecule has 4 nitrogen and oxygen atoms in total. The minimum atomic E-state index is -0.292. The zero-order valence-electron chi connectivity index (χ0n) is 21.6. The number of unbranched alkanes of at least 4 members (excludes halogenated alkanes) is 14. The summed E-state index contributed by atoms with van der Waals surface area (Å²) in [6.07, 6.45) is 20.6. The van der Waals surface area contributed by atoms with E-state index in [0.717, 1.165) is 19.3 Å². The van der Waals surface area contributed by atoms with E-state index in [0.29, 0.717) is 17.9 Å². The molecule has 0 fully saturated rings. The van der Waals surface area contributed by atoms with Gasteiger partial charge in [-0.3, -0.25) is 4.79 Å². The van der Waals surface area contributed by atoms with Crippen LogP contribution in [0, 0.1) is 5.92 Å². The maximum atomic E-state index is 12.2. The van der Waals surface area contributed by atoms with Gasteiger partial charge in [0.15, 0.2) is 0 Å². The monoisotopic (exact) mass is 459 g/mol. The van der Waals surface area contributed by atoms with E-state index in [1.165, 1.54) is 83.5 Å². The van der Waals surface area contributed by atoms with Crippen molar-refractivity contribution < 1.29 is 14.3 Å². The number of nitrogens with one attached hydrogen (secondary N) is 1. The maximum Gasteiger partial charge on any atom is 0.338 e. The van der Waals surface area contributed by atoms with Crippen LogP contribution >= 0.6 is 0 Å². The van der Waals surface area contributed by atoms with Gasteiger partial charge >= 0.3 is 5.97 Å². The Morgan fingerprint density at radius 2 is 1.18 bits per heavy atom. The summed E-state index contributed by atoms with van der Waals surface area (Å²) in [6, 6.07) is 6.93. The number of hydrogen-bond acceptors (Lipinski definition) is 3. The second-order valence-corrected chi connectivity index (χ2v) is 9.46. The quantitative estimate of drug-likeness (QED) is 0.157. The number of carbonyl (C=O) groups is 2. The van der Waals surface area contributed by atoms with Crippen LogP contribution < -0.4 is 5.32 Å². The van der Waals surface area contributed by atoms with Gasteiger partial charge in [-0.05, 0) is 37.1 Å². The summed E-state index contributed by atoms with van der Waals surface area (Å²) in [4.78, 5) is 24.1. The lowest BCUT2D eigenvalue weighted by Crippen LogP contribution is -2.19. The van der Waals surface area contributed by atoms with Gasteiger partial charge in [-0.25, -0.2) is 4.79 Å². The van der Waals surface area contributed by atoms with Crippen LogP contribution in [0.2, 0.25) is 0 Å². The molecule has 1 unspecified atom stereocenters. The highest BCUT2D eigenvalue weighted by atomic mass is 16.5. The SMILES string of the molecule is CCCCCCCCCCCCCCCCCOC(=O)c1ccc(NC(=O)C(C)CC)cc1. The van der Waals surface area contributed by atoms with Crippen molar-refractivity contribution in [2.75, 3.05) is 11.9 Å². The van der Waals surface area contributed by atoms with Gasteiger partial charge in [0.1, 0.15) is 0 Å². The molecule has 1 atom stereocenters. The second kappa shape index (κ2) is 19.6. The van der Waals surface area contributed by atoms with Gasteiger partial charge in [0.2, 0.25) is 5.91 Å². The fourth-order valence-electron chi connectivity index (χ4n) is 3.86. The molecule has 0 saturated heterocycles. The summed E-state index contributed by atoms with van der Waals surface area (Å²) < 4.78 is 5.39. The van der Waals surface area contributed by atoms with Crippen molar-refractivity contribution in [3.8, 4) is 0 Å². The third kappa shape index (κ3) is 14.8. The van der Waals surface area contributed by atoms with E-state index < -0.39 is 0 Å². The normalized spacial score (nSPS) is 11.8. The van der Waals surface area contributed by atoms with Crippen molar-refractivity contribution in [2.45, 2.75) is 124 Å². The smallest absolute Gasteiger partial charge is 0.338 e. The number of carbonyl (C=O) groups excluding carboxylic acids is 2. The zero-order valence-corrected chi connectivity index (χ0v) is 21.6. The van der Waals surface area contributed by atoms with E-state index in [2.05, 4.69) is 12.2 Å². The van der Waals surface area contributed by atoms with Crippen LogP contribution in [0.15, 0.2) is 24.3 Å². The number of ether oxygens (including phenoxy) is 1. The predicted molar refractivity (Wildman–Crippen MR) is 140 cm³/mol. The molecule has 0 aromatic heterocycles. The number of amides is 1. The molecule has 188 valence electrons.